The molecule has 0 aliphatic rings. The van der Waals surface area contributed by atoms with Crippen LogP contribution in [-0.4, -0.2) is 72.3 Å². The van der Waals surface area contributed by atoms with Gasteiger partial charge >= 0.3 is 12.1 Å². The number of ether oxygens (including phenoxy) is 1. The van der Waals surface area contributed by atoms with Crippen molar-refractivity contribution in [3.63, 3.8) is 0 Å². The van der Waals surface area contributed by atoms with Crippen molar-refractivity contribution in [3.05, 3.63) is 95.7 Å². The first-order valence-corrected chi connectivity index (χ1v) is 15.7. The zero-order chi connectivity index (χ0) is 31.9. The van der Waals surface area contributed by atoms with Crippen LogP contribution in [0.2, 0.25) is 0 Å². The molecule has 4 N–H and O–H groups in total. The number of carbonyl (C=O) groups is 1. The molecule has 1 heterocycles. The van der Waals surface area contributed by atoms with Crippen molar-refractivity contribution in [2.75, 3.05) is 30.1 Å². The van der Waals surface area contributed by atoms with E-state index in [4.69, 9.17) is 4.74 Å². The number of carboxylic acids is 1. The van der Waals surface area contributed by atoms with Gasteiger partial charge in [-0.3, -0.25) is 0 Å². The van der Waals surface area contributed by atoms with E-state index in [-0.39, 0.29) is 37.1 Å². The highest BCUT2D eigenvalue weighted by Crippen LogP contribution is 2.29. The SMILES string of the molecule is CC(Cc1c(C(=O)O)n(Cc2cccc(NCS(=O)(=O)CC(F)(F)F)c2)c2ccccc12)NCC(O)COc1ccccc1. The summed E-state index contributed by atoms with van der Waals surface area (Å²) in [7, 11) is -4.44. The molecule has 9 nitrogen and oxygen atoms in total. The molecular weight excluding hydrogens is 599 g/mol. The second-order valence-corrected chi connectivity index (χ2v) is 12.6. The molecule has 2 atom stereocenters. The average molecular weight is 634 g/mol. The maximum absolute atomic E-state index is 12.6. The van der Waals surface area contributed by atoms with E-state index >= 15 is 0 Å². The van der Waals surface area contributed by atoms with Crippen LogP contribution < -0.4 is 15.4 Å². The molecule has 44 heavy (non-hydrogen) atoms. The first-order valence-electron chi connectivity index (χ1n) is 13.8. The summed E-state index contributed by atoms with van der Waals surface area (Å²) in [4.78, 5) is 12.6. The third-order valence-corrected chi connectivity index (χ3v) is 8.17. The molecule has 0 aliphatic heterocycles. The summed E-state index contributed by atoms with van der Waals surface area (Å²) in [5, 5.41) is 27.2. The second-order valence-electron chi connectivity index (χ2n) is 10.6. The van der Waals surface area contributed by atoms with Gasteiger partial charge in [-0.1, -0.05) is 48.5 Å². The lowest BCUT2D eigenvalue weighted by Gasteiger charge is -2.18. The lowest BCUT2D eigenvalue weighted by Crippen LogP contribution is -2.37. The average Bonchev–Trinajstić information content (AvgIpc) is 3.26. The van der Waals surface area contributed by atoms with Crippen LogP contribution in [0.4, 0.5) is 18.9 Å². The molecule has 3 aromatic carbocycles. The lowest BCUT2D eigenvalue weighted by atomic mass is 10.0. The van der Waals surface area contributed by atoms with Gasteiger partial charge in [0.2, 0.25) is 0 Å². The van der Waals surface area contributed by atoms with Gasteiger partial charge in [-0.15, -0.1) is 0 Å². The van der Waals surface area contributed by atoms with Gasteiger partial charge in [0.05, 0.1) is 0 Å². The quantitative estimate of drug-likeness (QED) is 0.148. The first-order chi connectivity index (χ1) is 20.8. The van der Waals surface area contributed by atoms with Crippen molar-refractivity contribution >= 4 is 32.4 Å². The number of alkyl halides is 3. The maximum Gasteiger partial charge on any atom is 0.402 e. The van der Waals surface area contributed by atoms with Crippen molar-refractivity contribution in [1.82, 2.24) is 9.88 Å². The highest BCUT2D eigenvalue weighted by Gasteiger charge is 2.34. The Morgan fingerprint density at radius 2 is 1.73 bits per heavy atom. The molecule has 1 aromatic heterocycles. The number of sulfone groups is 1. The summed E-state index contributed by atoms with van der Waals surface area (Å²) < 4.78 is 68.7. The van der Waals surface area contributed by atoms with Gasteiger partial charge in [0.1, 0.15) is 35.8 Å². The zero-order valence-corrected chi connectivity index (χ0v) is 24.7. The van der Waals surface area contributed by atoms with Crippen molar-refractivity contribution < 1.29 is 41.3 Å². The van der Waals surface area contributed by atoms with Gasteiger partial charge in [-0.2, -0.15) is 13.2 Å². The monoisotopic (exact) mass is 633 g/mol. The minimum atomic E-state index is -4.84. The Bertz CT molecular complexity index is 1680. The zero-order valence-electron chi connectivity index (χ0n) is 23.9. The lowest BCUT2D eigenvalue weighted by molar-refractivity contribution is -0.106. The summed E-state index contributed by atoms with van der Waals surface area (Å²) in [5.41, 5.74) is 2.27. The Balaban J connectivity index is 1.49. The molecule has 0 aliphatic carbocycles. The number of nitrogens with one attached hydrogen (secondary N) is 2. The van der Waals surface area contributed by atoms with E-state index in [2.05, 4.69) is 10.6 Å². The third-order valence-electron chi connectivity index (χ3n) is 6.82. The molecule has 4 rings (SSSR count). The second kappa shape index (κ2) is 14.1. The molecule has 0 bridgehead atoms. The normalized spacial score (nSPS) is 13.5. The van der Waals surface area contributed by atoms with E-state index in [1.54, 1.807) is 47.0 Å². The van der Waals surface area contributed by atoms with Crippen molar-refractivity contribution in [2.45, 2.75) is 38.2 Å². The number of rotatable bonds is 15. The highest BCUT2D eigenvalue weighted by molar-refractivity contribution is 7.91. The number of halogens is 3. The Kier molecular flexibility index (Phi) is 10.6. The van der Waals surface area contributed by atoms with Crippen LogP contribution in [0.25, 0.3) is 10.9 Å². The van der Waals surface area contributed by atoms with Gasteiger partial charge in [0, 0.05) is 35.7 Å². The third kappa shape index (κ3) is 9.21. The number of aromatic carboxylic acids is 1. The number of benzene rings is 3. The summed E-state index contributed by atoms with van der Waals surface area (Å²) in [5.74, 6) is -3.32. The van der Waals surface area contributed by atoms with E-state index < -0.39 is 39.7 Å². The number of anilines is 1. The minimum absolute atomic E-state index is 0.0823. The predicted octanol–water partition coefficient (Wildman–Crippen LogP) is 4.69. The van der Waals surface area contributed by atoms with E-state index in [0.29, 0.717) is 28.8 Å². The molecule has 0 spiro atoms. The van der Waals surface area contributed by atoms with Crippen LogP contribution in [0.15, 0.2) is 78.9 Å². The molecule has 2 unspecified atom stereocenters. The van der Waals surface area contributed by atoms with Crippen molar-refractivity contribution in [1.29, 1.82) is 0 Å². The number of fused-ring (bicyclic) bond motifs is 1. The van der Waals surface area contributed by atoms with Crippen molar-refractivity contribution in [3.8, 4) is 5.75 Å². The molecule has 0 saturated heterocycles. The summed E-state index contributed by atoms with van der Waals surface area (Å²) in [6.07, 6.45) is -5.28. The molecular formula is C31H34F3N3O6S. The first kappa shape index (κ1) is 32.8. The molecule has 0 radical (unpaired) electrons. The summed E-state index contributed by atoms with van der Waals surface area (Å²) >= 11 is 0. The topological polar surface area (TPSA) is 130 Å². The van der Waals surface area contributed by atoms with Crippen LogP contribution in [0.3, 0.4) is 0 Å². The summed E-state index contributed by atoms with van der Waals surface area (Å²) in [6.45, 7) is 2.33. The predicted molar refractivity (Wildman–Crippen MR) is 162 cm³/mol. The number of aliphatic hydroxyl groups is 1. The maximum atomic E-state index is 12.6. The van der Waals surface area contributed by atoms with Gasteiger partial charge in [-0.05, 0) is 54.8 Å². The fourth-order valence-electron chi connectivity index (χ4n) is 4.93. The van der Waals surface area contributed by atoms with Gasteiger partial charge in [-0.25, -0.2) is 13.2 Å². The van der Waals surface area contributed by atoms with Crippen LogP contribution in [-0.2, 0) is 22.8 Å². The van der Waals surface area contributed by atoms with Crippen LogP contribution >= 0.6 is 0 Å². The van der Waals surface area contributed by atoms with Crippen LogP contribution in [0, 0.1) is 0 Å². The fraction of sp³-hybridized carbons (Fsp3) is 0.323. The smallest absolute Gasteiger partial charge is 0.402 e. The Morgan fingerprint density at radius 1 is 1.02 bits per heavy atom. The number of hydrogen-bond acceptors (Lipinski definition) is 7. The largest absolute Gasteiger partial charge is 0.491 e. The molecule has 236 valence electrons. The molecule has 0 fully saturated rings. The Labute approximate surface area is 253 Å². The fourth-order valence-corrected chi connectivity index (χ4v) is 5.92. The van der Waals surface area contributed by atoms with E-state index in [1.807, 2.05) is 37.3 Å². The summed E-state index contributed by atoms with van der Waals surface area (Å²) in [6, 6.07) is 22.6. The number of carboxylic acid groups (broad SMARTS) is 1. The number of para-hydroxylation sites is 2. The number of nitrogens with zero attached hydrogens (tertiary/aromatic N) is 1. The molecule has 4 aromatic rings. The highest BCUT2D eigenvalue weighted by atomic mass is 32.2. The van der Waals surface area contributed by atoms with Crippen LogP contribution in [0.1, 0.15) is 28.5 Å². The molecule has 0 amide bonds. The minimum Gasteiger partial charge on any atom is -0.491 e. The Hall–Kier alpha value is -4.07. The van der Waals surface area contributed by atoms with Gasteiger partial charge in [0.25, 0.3) is 0 Å². The Morgan fingerprint density at radius 3 is 2.43 bits per heavy atom. The number of aliphatic hydroxyl groups excluding tert-OH is 1. The number of hydrogen-bond donors (Lipinski definition) is 4. The van der Waals surface area contributed by atoms with Crippen molar-refractivity contribution in [2.24, 2.45) is 0 Å². The molecule has 13 heteroatoms. The standard InChI is InChI=1S/C31H34F3N3O6S/c1-21(35-16-24(38)18-43-25-10-3-2-4-11-25)14-27-26-12-5-6-13-28(26)37(29(27)30(39)40)17-22-8-7-9-23(15-22)36-20-44(41,42)19-31(32,33)34/h2-13,15,21,24,35-36,38H,14,16-20H2,1H3,(H,39,40). The number of aromatic nitrogens is 1. The van der Waals surface area contributed by atoms with E-state index in [0.717, 1.165) is 5.39 Å². The van der Waals surface area contributed by atoms with E-state index in [9.17, 15) is 36.6 Å². The molecule has 0 saturated carbocycles. The van der Waals surface area contributed by atoms with Gasteiger partial charge < -0.3 is 30.2 Å². The van der Waals surface area contributed by atoms with E-state index in [1.165, 1.54) is 6.07 Å². The van der Waals surface area contributed by atoms with Crippen LogP contribution in [0.5, 0.6) is 5.75 Å². The van der Waals surface area contributed by atoms with Gasteiger partial charge in [0.15, 0.2) is 9.84 Å².